The summed E-state index contributed by atoms with van der Waals surface area (Å²) in [5.41, 5.74) is 8.67. The zero-order valence-electron chi connectivity index (χ0n) is 12.3. The molecule has 3 rings (SSSR count). The van der Waals surface area contributed by atoms with E-state index in [1.165, 1.54) is 18.4 Å². The summed E-state index contributed by atoms with van der Waals surface area (Å²) >= 11 is 1.35. The molecule has 5 heteroatoms. The van der Waals surface area contributed by atoms with E-state index in [4.69, 9.17) is 15.2 Å². The highest BCUT2D eigenvalue weighted by molar-refractivity contribution is 7.21. The van der Waals surface area contributed by atoms with Crippen LogP contribution in [0.4, 0.5) is 5.69 Å². The second kappa shape index (κ2) is 5.69. The number of fused-ring (bicyclic) bond motifs is 1. The molecule has 0 spiro atoms. The topological polar surface area (TPSA) is 61.5 Å². The maximum absolute atomic E-state index is 11.7. The molecule has 0 amide bonds. The van der Waals surface area contributed by atoms with E-state index in [-0.39, 0.29) is 0 Å². The van der Waals surface area contributed by atoms with E-state index in [9.17, 15) is 4.79 Å². The lowest BCUT2D eigenvalue weighted by Crippen LogP contribution is -2.01. The van der Waals surface area contributed by atoms with Crippen LogP contribution in [0.5, 0.6) is 5.75 Å². The van der Waals surface area contributed by atoms with Crippen LogP contribution in [0.2, 0.25) is 0 Å². The molecule has 22 heavy (non-hydrogen) atoms. The highest BCUT2D eigenvalue weighted by Crippen LogP contribution is 2.36. The summed E-state index contributed by atoms with van der Waals surface area (Å²) < 4.78 is 10.9. The van der Waals surface area contributed by atoms with Gasteiger partial charge in [0.25, 0.3) is 0 Å². The third-order valence-corrected chi connectivity index (χ3v) is 4.69. The van der Waals surface area contributed by atoms with Gasteiger partial charge in [0.2, 0.25) is 0 Å². The Kier molecular flexibility index (Phi) is 3.73. The quantitative estimate of drug-likeness (QED) is 0.744. The Balaban J connectivity index is 2.08. The molecule has 0 aliphatic heterocycles. The van der Waals surface area contributed by atoms with Gasteiger partial charge in [-0.1, -0.05) is 18.2 Å². The van der Waals surface area contributed by atoms with Crippen molar-refractivity contribution in [2.75, 3.05) is 20.0 Å². The molecule has 112 valence electrons. The molecule has 0 unspecified atom stereocenters. The van der Waals surface area contributed by atoms with Crippen molar-refractivity contribution in [3.05, 3.63) is 47.3 Å². The minimum absolute atomic E-state index is 0.398. The highest BCUT2D eigenvalue weighted by Gasteiger charge is 2.17. The lowest BCUT2D eigenvalue weighted by molar-refractivity contribution is 0.0607. The van der Waals surface area contributed by atoms with Crippen molar-refractivity contribution in [2.45, 2.75) is 0 Å². The largest absolute Gasteiger partial charge is 0.497 e. The van der Waals surface area contributed by atoms with Gasteiger partial charge in [-0.25, -0.2) is 4.79 Å². The third-order valence-electron chi connectivity index (χ3n) is 3.52. The predicted molar refractivity (Wildman–Crippen MR) is 89.6 cm³/mol. The average molecular weight is 313 g/mol. The zero-order valence-corrected chi connectivity index (χ0v) is 13.1. The molecule has 0 saturated carbocycles. The van der Waals surface area contributed by atoms with E-state index in [1.807, 2.05) is 42.5 Å². The number of thiophene rings is 1. The summed E-state index contributed by atoms with van der Waals surface area (Å²) in [6.07, 6.45) is 0. The second-order valence-corrected chi connectivity index (χ2v) is 5.83. The van der Waals surface area contributed by atoms with Gasteiger partial charge in [0.05, 0.1) is 19.9 Å². The summed E-state index contributed by atoms with van der Waals surface area (Å²) in [5.74, 6) is 0.414. The summed E-state index contributed by atoms with van der Waals surface area (Å²) in [6.45, 7) is 0. The number of hydrogen-bond donors (Lipinski definition) is 1. The van der Waals surface area contributed by atoms with Crippen molar-refractivity contribution >= 4 is 33.1 Å². The molecule has 0 fully saturated rings. The fraction of sp³-hybridized carbons (Fsp3) is 0.118. The Hall–Kier alpha value is -2.53. The first-order valence-corrected chi connectivity index (χ1v) is 7.50. The van der Waals surface area contributed by atoms with Gasteiger partial charge >= 0.3 is 5.97 Å². The number of hydrogen-bond acceptors (Lipinski definition) is 5. The smallest absolute Gasteiger partial charge is 0.350 e. The number of nitrogens with two attached hydrogens (primary N) is 1. The maximum atomic E-state index is 11.7. The van der Waals surface area contributed by atoms with Gasteiger partial charge in [0.15, 0.2) is 0 Å². The number of rotatable bonds is 3. The predicted octanol–water partition coefficient (Wildman–Crippen LogP) is 3.95. The Morgan fingerprint density at radius 1 is 1.05 bits per heavy atom. The van der Waals surface area contributed by atoms with Gasteiger partial charge in [-0.2, -0.15) is 0 Å². The Morgan fingerprint density at radius 3 is 2.36 bits per heavy atom. The fourth-order valence-corrected chi connectivity index (χ4v) is 3.35. The van der Waals surface area contributed by atoms with Gasteiger partial charge in [0, 0.05) is 10.1 Å². The lowest BCUT2D eigenvalue weighted by Gasteiger charge is -2.04. The van der Waals surface area contributed by atoms with Gasteiger partial charge in [0.1, 0.15) is 10.6 Å². The maximum Gasteiger partial charge on any atom is 0.350 e. The molecule has 2 N–H and O–H groups in total. The van der Waals surface area contributed by atoms with E-state index in [0.29, 0.717) is 10.6 Å². The molecule has 0 atom stereocenters. The number of anilines is 1. The minimum atomic E-state index is -0.398. The molecular formula is C17H15NO3S. The van der Waals surface area contributed by atoms with Crippen LogP contribution < -0.4 is 10.5 Å². The van der Waals surface area contributed by atoms with E-state index in [0.717, 1.165) is 27.0 Å². The van der Waals surface area contributed by atoms with Gasteiger partial charge in [-0.3, -0.25) is 0 Å². The number of ether oxygens (including phenoxy) is 2. The standard InChI is InChI=1S/C17H15NO3S/c1-20-12-6-3-10(4-7-12)11-5-8-14-13(9-11)15(18)16(22-14)17(19)21-2/h3-9H,18H2,1-2H3. The fourth-order valence-electron chi connectivity index (χ4n) is 2.32. The Morgan fingerprint density at radius 2 is 1.73 bits per heavy atom. The van der Waals surface area contributed by atoms with Crippen molar-refractivity contribution in [2.24, 2.45) is 0 Å². The van der Waals surface area contributed by atoms with Crippen LogP contribution in [0.1, 0.15) is 9.67 Å². The van der Waals surface area contributed by atoms with Crippen molar-refractivity contribution in [1.29, 1.82) is 0 Å². The second-order valence-electron chi connectivity index (χ2n) is 4.78. The summed E-state index contributed by atoms with van der Waals surface area (Å²) in [7, 11) is 3.00. The molecule has 0 radical (unpaired) electrons. The van der Waals surface area contributed by atoms with Crippen LogP contribution in [-0.2, 0) is 4.74 Å². The molecule has 2 aromatic carbocycles. The number of methoxy groups -OCH3 is 2. The molecule has 0 saturated heterocycles. The Bertz CT molecular complexity index is 837. The lowest BCUT2D eigenvalue weighted by atomic mass is 10.0. The molecule has 1 aromatic heterocycles. The van der Waals surface area contributed by atoms with Crippen LogP contribution in [0.25, 0.3) is 21.2 Å². The van der Waals surface area contributed by atoms with Crippen LogP contribution in [0, 0.1) is 0 Å². The van der Waals surface area contributed by atoms with Crippen molar-refractivity contribution < 1.29 is 14.3 Å². The van der Waals surface area contributed by atoms with E-state index < -0.39 is 5.97 Å². The summed E-state index contributed by atoms with van der Waals surface area (Å²) in [4.78, 5) is 12.2. The Labute approximate surface area is 132 Å². The van der Waals surface area contributed by atoms with Crippen molar-refractivity contribution in [3.8, 4) is 16.9 Å². The van der Waals surface area contributed by atoms with Gasteiger partial charge in [-0.15, -0.1) is 11.3 Å². The van der Waals surface area contributed by atoms with E-state index in [1.54, 1.807) is 7.11 Å². The SMILES string of the molecule is COC(=O)c1sc2ccc(-c3ccc(OC)cc3)cc2c1N. The zero-order chi connectivity index (χ0) is 15.7. The van der Waals surface area contributed by atoms with Crippen LogP contribution in [-0.4, -0.2) is 20.2 Å². The molecule has 1 heterocycles. The number of esters is 1. The van der Waals surface area contributed by atoms with Crippen LogP contribution in [0.15, 0.2) is 42.5 Å². The molecular weight excluding hydrogens is 298 g/mol. The molecule has 4 nitrogen and oxygen atoms in total. The third kappa shape index (κ3) is 2.40. The average Bonchev–Trinajstić information content (AvgIpc) is 2.90. The molecule has 0 aliphatic rings. The number of nitrogen functional groups attached to an aromatic ring is 1. The van der Waals surface area contributed by atoms with E-state index in [2.05, 4.69) is 0 Å². The van der Waals surface area contributed by atoms with Crippen molar-refractivity contribution in [3.63, 3.8) is 0 Å². The van der Waals surface area contributed by atoms with E-state index >= 15 is 0 Å². The first-order chi connectivity index (χ1) is 10.6. The van der Waals surface area contributed by atoms with Crippen molar-refractivity contribution in [1.82, 2.24) is 0 Å². The summed E-state index contributed by atoms with van der Waals surface area (Å²) in [5, 5.41) is 0.874. The number of carbonyl (C=O) groups is 1. The molecule has 0 bridgehead atoms. The number of carbonyl (C=O) groups excluding carboxylic acids is 1. The summed E-state index contributed by atoms with van der Waals surface area (Å²) in [6, 6.07) is 13.8. The van der Waals surface area contributed by atoms with Gasteiger partial charge in [-0.05, 0) is 35.4 Å². The van der Waals surface area contributed by atoms with Gasteiger partial charge < -0.3 is 15.2 Å². The minimum Gasteiger partial charge on any atom is -0.497 e. The first-order valence-electron chi connectivity index (χ1n) is 6.69. The molecule has 3 aromatic rings. The molecule has 0 aliphatic carbocycles. The number of benzene rings is 2. The highest BCUT2D eigenvalue weighted by atomic mass is 32.1. The van der Waals surface area contributed by atoms with Crippen LogP contribution >= 0.6 is 11.3 Å². The van der Waals surface area contributed by atoms with Crippen LogP contribution in [0.3, 0.4) is 0 Å². The normalized spacial score (nSPS) is 10.6. The monoisotopic (exact) mass is 313 g/mol. The first kappa shape index (κ1) is 14.4.